The molecule has 0 heterocycles. The fourth-order valence-corrected chi connectivity index (χ4v) is 3.24. The zero-order chi connectivity index (χ0) is 16.4. The summed E-state index contributed by atoms with van der Waals surface area (Å²) in [7, 11) is 1.89. The molecule has 3 rings (SSSR count). The first kappa shape index (κ1) is 15.7. The molecule has 1 aliphatic carbocycles. The maximum absolute atomic E-state index is 13.7. The largest absolute Gasteiger partial charge is 0.339 e. The highest BCUT2D eigenvalue weighted by Gasteiger charge is 2.24. The van der Waals surface area contributed by atoms with E-state index in [1.165, 1.54) is 18.9 Å². The molecule has 0 N–H and O–H groups in total. The van der Waals surface area contributed by atoms with Gasteiger partial charge >= 0.3 is 0 Å². The summed E-state index contributed by atoms with van der Waals surface area (Å²) in [5, 5.41) is 0. The van der Waals surface area contributed by atoms with Crippen LogP contribution in [0.2, 0.25) is 0 Å². The molecule has 0 saturated heterocycles. The van der Waals surface area contributed by atoms with Crippen molar-refractivity contribution in [3.8, 4) is 11.1 Å². The standard InChI is InChI=1S/C20H22FNO/c1-14-7-8-17(13-19(14)21)15-9-11-16(12-10-15)20(23)22(2)18-5-3-4-6-18/h7-13,18H,3-6H2,1-2H3. The van der Waals surface area contributed by atoms with Crippen LogP contribution >= 0.6 is 0 Å². The summed E-state index contributed by atoms with van der Waals surface area (Å²) >= 11 is 0. The molecule has 1 aliphatic rings. The van der Waals surface area contributed by atoms with E-state index in [-0.39, 0.29) is 11.7 Å². The van der Waals surface area contributed by atoms with Gasteiger partial charge in [0.25, 0.3) is 5.91 Å². The number of halogens is 1. The summed E-state index contributed by atoms with van der Waals surface area (Å²) in [6, 6.07) is 13.0. The summed E-state index contributed by atoms with van der Waals surface area (Å²) in [6.45, 7) is 1.75. The lowest BCUT2D eigenvalue weighted by molar-refractivity contribution is 0.0735. The number of hydrogen-bond acceptors (Lipinski definition) is 1. The summed E-state index contributed by atoms with van der Waals surface area (Å²) < 4.78 is 13.7. The molecule has 1 fully saturated rings. The van der Waals surface area contributed by atoms with E-state index < -0.39 is 0 Å². The lowest BCUT2D eigenvalue weighted by Crippen LogP contribution is -2.35. The Hall–Kier alpha value is -2.16. The predicted molar refractivity (Wildman–Crippen MR) is 90.9 cm³/mol. The van der Waals surface area contributed by atoms with Crippen LogP contribution in [0.5, 0.6) is 0 Å². The third kappa shape index (κ3) is 3.29. The van der Waals surface area contributed by atoms with E-state index >= 15 is 0 Å². The highest BCUT2D eigenvalue weighted by atomic mass is 19.1. The molecule has 0 aromatic heterocycles. The summed E-state index contributed by atoms with van der Waals surface area (Å²) in [5.74, 6) is -0.137. The Morgan fingerprint density at radius 3 is 2.26 bits per heavy atom. The monoisotopic (exact) mass is 311 g/mol. The van der Waals surface area contributed by atoms with Crippen LogP contribution in [0.25, 0.3) is 11.1 Å². The van der Waals surface area contributed by atoms with Crippen molar-refractivity contribution in [2.45, 2.75) is 38.6 Å². The van der Waals surface area contributed by atoms with Gasteiger partial charge in [0.15, 0.2) is 0 Å². The van der Waals surface area contributed by atoms with Crippen molar-refractivity contribution in [1.82, 2.24) is 4.90 Å². The molecular formula is C20H22FNO. The van der Waals surface area contributed by atoms with Crippen molar-refractivity contribution < 1.29 is 9.18 Å². The number of benzene rings is 2. The molecule has 0 unspecified atom stereocenters. The molecule has 2 nitrogen and oxygen atoms in total. The highest BCUT2D eigenvalue weighted by Crippen LogP contribution is 2.25. The molecule has 0 spiro atoms. The topological polar surface area (TPSA) is 20.3 Å². The van der Waals surface area contributed by atoms with Gasteiger partial charge in [0.1, 0.15) is 5.82 Å². The second-order valence-corrected chi connectivity index (χ2v) is 6.40. The molecule has 2 aromatic carbocycles. The lowest BCUT2D eigenvalue weighted by Gasteiger charge is -2.24. The van der Waals surface area contributed by atoms with E-state index in [2.05, 4.69) is 0 Å². The molecule has 0 bridgehead atoms. The molecule has 2 aromatic rings. The number of nitrogens with zero attached hydrogens (tertiary/aromatic N) is 1. The number of carbonyl (C=O) groups excluding carboxylic acids is 1. The van der Waals surface area contributed by atoms with Crippen molar-refractivity contribution in [3.05, 3.63) is 59.4 Å². The molecule has 3 heteroatoms. The minimum Gasteiger partial charge on any atom is -0.339 e. The van der Waals surface area contributed by atoms with Gasteiger partial charge in [-0.1, -0.05) is 37.1 Å². The van der Waals surface area contributed by atoms with Gasteiger partial charge in [-0.05, 0) is 54.7 Å². The fraction of sp³-hybridized carbons (Fsp3) is 0.350. The van der Waals surface area contributed by atoms with E-state index in [4.69, 9.17) is 0 Å². The quantitative estimate of drug-likeness (QED) is 0.796. The maximum Gasteiger partial charge on any atom is 0.253 e. The van der Waals surface area contributed by atoms with Crippen molar-refractivity contribution in [2.24, 2.45) is 0 Å². The highest BCUT2D eigenvalue weighted by molar-refractivity contribution is 5.94. The SMILES string of the molecule is Cc1ccc(-c2ccc(C(=O)N(C)C3CCCC3)cc2)cc1F. The smallest absolute Gasteiger partial charge is 0.253 e. The van der Waals surface area contributed by atoms with Gasteiger partial charge in [0.05, 0.1) is 0 Å². The average molecular weight is 311 g/mol. The van der Waals surface area contributed by atoms with Gasteiger partial charge in [-0.3, -0.25) is 4.79 Å². The summed E-state index contributed by atoms with van der Waals surface area (Å²) in [5.41, 5.74) is 3.08. The van der Waals surface area contributed by atoms with E-state index in [9.17, 15) is 9.18 Å². The summed E-state index contributed by atoms with van der Waals surface area (Å²) in [6.07, 6.45) is 4.62. The molecule has 1 saturated carbocycles. The Bertz CT molecular complexity index is 702. The van der Waals surface area contributed by atoms with Crippen LogP contribution in [0, 0.1) is 12.7 Å². The molecule has 0 aliphatic heterocycles. The third-order valence-corrected chi connectivity index (χ3v) is 4.83. The second kappa shape index (κ2) is 6.53. The van der Waals surface area contributed by atoms with E-state index in [0.29, 0.717) is 17.2 Å². The molecule has 0 atom stereocenters. The molecular weight excluding hydrogens is 289 g/mol. The molecule has 0 radical (unpaired) electrons. The minimum absolute atomic E-state index is 0.0681. The third-order valence-electron chi connectivity index (χ3n) is 4.83. The number of rotatable bonds is 3. The average Bonchev–Trinajstić information content (AvgIpc) is 3.11. The normalized spacial score (nSPS) is 14.9. The van der Waals surface area contributed by atoms with Gasteiger partial charge < -0.3 is 4.90 Å². The first-order chi connectivity index (χ1) is 11.1. The number of amides is 1. The first-order valence-corrected chi connectivity index (χ1v) is 8.20. The summed E-state index contributed by atoms with van der Waals surface area (Å²) in [4.78, 5) is 14.4. The fourth-order valence-electron chi connectivity index (χ4n) is 3.24. The van der Waals surface area contributed by atoms with Gasteiger partial charge in [-0.25, -0.2) is 4.39 Å². The van der Waals surface area contributed by atoms with Crippen LogP contribution < -0.4 is 0 Å². The Morgan fingerprint density at radius 1 is 1.04 bits per heavy atom. The second-order valence-electron chi connectivity index (χ2n) is 6.40. The number of hydrogen-bond donors (Lipinski definition) is 0. The molecule has 120 valence electrons. The van der Waals surface area contributed by atoms with E-state index in [1.807, 2.05) is 42.3 Å². The Kier molecular flexibility index (Phi) is 4.46. The zero-order valence-electron chi connectivity index (χ0n) is 13.7. The minimum atomic E-state index is -0.205. The van der Waals surface area contributed by atoms with Gasteiger partial charge in [0, 0.05) is 18.7 Å². The van der Waals surface area contributed by atoms with E-state index in [0.717, 1.165) is 24.0 Å². The Balaban J connectivity index is 1.78. The maximum atomic E-state index is 13.7. The van der Waals surface area contributed by atoms with Crippen LogP contribution in [0.4, 0.5) is 4.39 Å². The van der Waals surface area contributed by atoms with Crippen LogP contribution in [0.15, 0.2) is 42.5 Å². The molecule has 23 heavy (non-hydrogen) atoms. The number of aryl methyl sites for hydroxylation is 1. The van der Waals surface area contributed by atoms with Crippen molar-refractivity contribution >= 4 is 5.91 Å². The van der Waals surface area contributed by atoms with E-state index in [1.54, 1.807) is 13.0 Å². The van der Waals surface area contributed by atoms with Crippen molar-refractivity contribution in [3.63, 3.8) is 0 Å². The van der Waals surface area contributed by atoms with Crippen LogP contribution in [0.1, 0.15) is 41.6 Å². The van der Waals surface area contributed by atoms with Crippen LogP contribution in [-0.4, -0.2) is 23.9 Å². The van der Waals surface area contributed by atoms with Crippen molar-refractivity contribution in [1.29, 1.82) is 0 Å². The zero-order valence-corrected chi connectivity index (χ0v) is 13.7. The van der Waals surface area contributed by atoms with Crippen LogP contribution in [0.3, 0.4) is 0 Å². The van der Waals surface area contributed by atoms with Crippen LogP contribution in [-0.2, 0) is 0 Å². The Morgan fingerprint density at radius 2 is 1.65 bits per heavy atom. The first-order valence-electron chi connectivity index (χ1n) is 8.20. The van der Waals surface area contributed by atoms with Gasteiger partial charge in [-0.2, -0.15) is 0 Å². The van der Waals surface area contributed by atoms with Gasteiger partial charge in [-0.15, -0.1) is 0 Å². The molecule has 1 amide bonds. The van der Waals surface area contributed by atoms with Crippen molar-refractivity contribution in [2.75, 3.05) is 7.05 Å². The lowest BCUT2D eigenvalue weighted by atomic mass is 10.0. The predicted octanol–water partition coefficient (Wildman–Crippen LogP) is 4.82. The number of carbonyl (C=O) groups is 1. The Labute approximate surface area is 136 Å². The van der Waals surface area contributed by atoms with Gasteiger partial charge in [0.2, 0.25) is 0 Å².